The molecule has 1 aromatic rings. The van der Waals surface area contributed by atoms with Crippen molar-refractivity contribution in [2.75, 3.05) is 19.3 Å². The number of nitrogens with one attached hydrogen (secondary N) is 1. The van der Waals surface area contributed by atoms with Gasteiger partial charge in [0.2, 0.25) is 0 Å². The summed E-state index contributed by atoms with van der Waals surface area (Å²) >= 11 is 0. The monoisotopic (exact) mass is 427 g/mol. The lowest BCUT2D eigenvalue weighted by Crippen LogP contribution is -2.47. The van der Waals surface area contributed by atoms with E-state index in [1.54, 1.807) is 20.8 Å². The minimum absolute atomic E-state index is 0.0572. The molecular formula is C18H25N3O7S. The highest BCUT2D eigenvalue weighted by molar-refractivity contribution is 7.90. The van der Waals surface area contributed by atoms with Gasteiger partial charge >= 0.3 is 6.09 Å². The highest BCUT2D eigenvalue weighted by Gasteiger charge is 2.28. The number of nitro groups is 1. The normalized spacial score (nSPS) is 15.7. The van der Waals surface area contributed by atoms with Gasteiger partial charge in [-0.2, -0.15) is 0 Å². The van der Waals surface area contributed by atoms with Gasteiger partial charge in [-0.25, -0.2) is 13.2 Å². The predicted molar refractivity (Wildman–Crippen MR) is 105 cm³/mol. The number of piperidine rings is 1. The van der Waals surface area contributed by atoms with Crippen molar-refractivity contribution in [2.45, 2.75) is 50.2 Å². The van der Waals surface area contributed by atoms with Crippen LogP contribution in [0.15, 0.2) is 23.1 Å². The summed E-state index contributed by atoms with van der Waals surface area (Å²) in [5.74, 6) is -0.491. The first-order chi connectivity index (χ1) is 13.3. The number of sulfone groups is 1. The number of nitro benzene ring substituents is 1. The Morgan fingerprint density at radius 3 is 2.28 bits per heavy atom. The summed E-state index contributed by atoms with van der Waals surface area (Å²) in [4.78, 5) is 36.2. The fourth-order valence-corrected chi connectivity index (χ4v) is 3.59. The number of nitrogens with zero attached hydrogens (tertiary/aromatic N) is 2. The maximum absolute atomic E-state index is 12.8. The average molecular weight is 427 g/mol. The molecule has 1 heterocycles. The van der Waals surface area contributed by atoms with Gasteiger partial charge in [-0.3, -0.25) is 14.9 Å². The van der Waals surface area contributed by atoms with Gasteiger partial charge in [0.25, 0.3) is 11.6 Å². The molecule has 0 saturated carbocycles. The van der Waals surface area contributed by atoms with Crippen molar-refractivity contribution in [3.63, 3.8) is 0 Å². The number of rotatable bonds is 4. The lowest BCUT2D eigenvalue weighted by Gasteiger charge is -2.33. The molecule has 0 unspecified atom stereocenters. The molecule has 2 amide bonds. The molecule has 0 spiro atoms. The highest BCUT2D eigenvalue weighted by atomic mass is 32.2. The Kier molecular flexibility index (Phi) is 6.51. The van der Waals surface area contributed by atoms with Crippen molar-refractivity contribution in [1.82, 2.24) is 10.2 Å². The average Bonchev–Trinajstić information content (AvgIpc) is 2.59. The van der Waals surface area contributed by atoms with Gasteiger partial charge in [0.05, 0.1) is 9.82 Å². The van der Waals surface area contributed by atoms with Crippen LogP contribution in [0, 0.1) is 10.1 Å². The summed E-state index contributed by atoms with van der Waals surface area (Å²) in [6.07, 6.45) is 1.37. The van der Waals surface area contributed by atoms with Crippen LogP contribution in [0.25, 0.3) is 0 Å². The molecule has 0 aromatic heterocycles. The SMILES string of the molecule is CC(C)(C)OC(=O)NC1CCN(C(=O)c2cc([N+](=O)[O-])cc(S(C)(=O)=O)c2)CC1. The minimum atomic E-state index is -3.72. The first-order valence-electron chi connectivity index (χ1n) is 9.04. The van der Waals surface area contributed by atoms with Gasteiger partial charge in [-0.15, -0.1) is 0 Å². The van der Waals surface area contributed by atoms with E-state index in [1.807, 2.05) is 0 Å². The van der Waals surface area contributed by atoms with E-state index in [-0.39, 0.29) is 16.5 Å². The van der Waals surface area contributed by atoms with E-state index in [1.165, 1.54) is 4.90 Å². The Bertz CT molecular complexity index is 914. The molecule has 0 bridgehead atoms. The molecule has 0 aliphatic carbocycles. The van der Waals surface area contributed by atoms with Crippen LogP contribution in [0.1, 0.15) is 44.0 Å². The number of carbonyl (C=O) groups excluding carboxylic acids is 2. The third-order valence-corrected chi connectivity index (χ3v) is 5.37. The fraction of sp³-hybridized carbons (Fsp3) is 0.556. The van der Waals surface area contributed by atoms with E-state index in [2.05, 4.69) is 5.32 Å². The van der Waals surface area contributed by atoms with Gasteiger partial charge in [0, 0.05) is 43.1 Å². The number of carbonyl (C=O) groups is 2. The fourth-order valence-electron chi connectivity index (χ4n) is 2.91. The van der Waals surface area contributed by atoms with Crippen molar-refractivity contribution < 1.29 is 27.7 Å². The lowest BCUT2D eigenvalue weighted by atomic mass is 10.0. The van der Waals surface area contributed by atoms with Crippen LogP contribution in [0.2, 0.25) is 0 Å². The van der Waals surface area contributed by atoms with Crippen LogP contribution in [-0.2, 0) is 14.6 Å². The van der Waals surface area contributed by atoms with Crippen molar-refractivity contribution in [1.29, 1.82) is 0 Å². The molecule has 0 radical (unpaired) electrons. The summed E-state index contributed by atoms with van der Waals surface area (Å²) in [6, 6.07) is 2.99. The molecular weight excluding hydrogens is 402 g/mol. The smallest absolute Gasteiger partial charge is 0.407 e. The maximum atomic E-state index is 12.8. The number of likely N-dealkylation sites (tertiary alicyclic amines) is 1. The predicted octanol–water partition coefficient (Wildman–Crippen LogP) is 2.13. The topological polar surface area (TPSA) is 136 Å². The van der Waals surface area contributed by atoms with E-state index in [0.717, 1.165) is 24.5 Å². The summed E-state index contributed by atoms with van der Waals surface area (Å²) in [6.45, 7) is 5.92. The van der Waals surface area contributed by atoms with E-state index >= 15 is 0 Å². The molecule has 1 aromatic carbocycles. The van der Waals surface area contributed by atoms with Gasteiger partial charge in [0.1, 0.15) is 5.60 Å². The van der Waals surface area contributed by atoms with Gasteiger partial charge in [0.15, 0.2) is 9.84 Å². The Hall–Kier alpha value is -2.69. The molecule has 1 fully saturated rings. The Balaban J connectivity index is 2.08. The number of ether oxygens (including phenoxy) is 1. The molecule has 2 rings (SSSR count). The largest absolute Gasteiger partial charge is 0.444 e. The van der Waals surface area contributed by atoms with Crippen molar-refractivity contribution in [3.05, 3.63) is 33.9 Å². The first kappa shape index (κ1) is 22.6. The number of benzene rings is 1. The maximum Gasteiger partial charge on any atom is 0.407 e. The molecule has 0 atom stereocenters. The molecule has 1 N–H and O–H groups in total. The Labute approximate surface area is 169 Å². The first-order valence-corrected chi connectivity index (χ1v) is 10.9. The second kappa shape index (κ2) is 8.36. The summed E-state index contributed by atoms with van der Waals surface area (Å²) < 4.78 is 28.8. The number of amides is 2. The minimum Gasteiger partial charge on any atom is -0.444 e. The second-order valence-corrected chi connectivity index (χ2v) is 9.97. The number of non-ortho nitro benzene ring substituents is 1. The van der Waals surface area contributed by atoms with Gasteiger partial charge < -0.3 is 15.0 Å². The van der Waals surface area contributed by atoms with Crippen molar-refractivity contribution >= 4 is 27.5 Å². The Morgan fingerprint density at radius 2 is 1.79 bits per heavy atom. The van der Waals surface area contributed by atoms with E-state index in [4.69, 9.17) is 4.74 Å². The molecule has 10 nitrogen and oxygen atoms in total. The summed E-state index contributed by atoms with van der Waals surface area (Å²) in [7, 11) is -3.72. The molecule has 11 heteroatoms. The second-order valence-electron chi connectivity index (χ2n) is 7.96. The van der Waals surface area contributed by atoms with Gasteiger partial charge in [-0.05, 0) is 39.7 Å². The standard InChI is InChI=1S/C18H25N3O7S/c1-18(2,3)28-17(23)19-13-5-7-20(8-6-13)16(22)12-9-14(21(24)25)11-15(10-12)29(4,26)27/h9-11,13H,5-8H2,1-4H3,(H,19,23). The van der Waals surface area contributed by atoms with Crippen LogP contribution in [0.5, 0.6) is 0 Å². The number of alkyl carbamates (subject to hydrolysis) is 1. The number of hydrogen-bond donors (Lipinski definition) is 1. The van der Waals surface area contributed by atoms with Gasteiger partial charge in [-0.1, -0.05) is 0 Å². The van der Waals surface area contributed by atoms with E-state index < -0.39 is 38.0 Å². The van der Waals surface area contributed by atoms with E-state index in [0.29, 0.717) is 25.9 Å². The lowest BCUT2D eigenvalue weighted by molar-refractivity contribution is -0.385. The zero-order valence-corrected chi connectivity index (χ0v) is 17.6. The third-order valence-electron chi connectivity index (χ3n) is 4.28. The van der Waals surface area contributed by atoms with E-state index in [9.17, 15) is 28.1 Å². The van der Waals surface area contributed by atoms with Crippen LogP contribution < -0.4 is 5.32 Å². The third kappa shape index (κ3) is 6.41. The van der Waals surface area contributed by atoms with Crippen molar-refractivity contribution in [3.8, 4) is 0 Å². The van der Waals surface area contributed by atoms with Crippen molar-refractivity contribution in [2.24, 2.45) is 0 Å². The molecule has 29 heavy (non-hydrogen) atoms. The molecule has 1 aliphatic heterocycles. The highest BCUT2D eigenvalue weighted by Crippen LogP contribution is 2.23. The Morgan fingerprint density at radius 1 is 1.21 bits per heavy atom. The van der Waals surface area contributed by atoms with Crippen LogP contribution in [0.4, 0.5) is 10.5 Å². The quantitative estimate of drug-likeness (QED) is 0.574. The molecule has 1 saturated heterocycles. The number of hydrogen-bond acceptors (Lipinski definition) is 7. The molecule has 1 aliphatic rings. The van der Waals surface area contributed by atoms with Crippen LogP contribution in [-0.4, -0.2) is 61.2 Å². The zero-order chi connectivity index (χ0) is 22.0. The summed E-state index contributed by atoms with van der Waals surface area (Å²) in [5.41, 5.74) is -1.13. The van der Waals surface area contributed by atoms with Crippen LogP contribution in [0.3, 0.4) is 0 Å². The molecule has 160 valence electrons. The summed E-state index contributed by atoms with van der Waals surface area (Å²) in [5, 5.41) is 13.9. The zero-order valence-electron chi connectivity index (χ0n) is 16.8. The van der Waals surface area contributed by atoms with Crippen LogP contribution >= 0.6 is 0 Å².